The fraction of sp³-hybridized carbons (Fsp3) is 0.571. The van der Waals surface area contributed by atoms with Gasteiger partial charge in [-0.25, -0.2) is 0 Å². The van der Waals surface area contributed by atoms with Gasteiger partial charge >= 0.3 is 0 Å². The van der Waals surface area contributed by atoms with Gasteiger partial charge < -0.3 is 10.8 Å². The Labute approximate surface area is 98.5 Å². The lowest BCUT2D eigenvalue weighted by Gasteiger charge is -2.17. The van der Waals surface area contributed by atoms with Gasteiger partial charge in [-0.3, -0.25) is 0 Å². The van der Waals surface area contributed by atoms with Gasteiger partial charge in [0.15, 0.2) is 0 Å². The normalized spacial score (nSPS) is 15.1. The monoisotopic (exact) mass is 221 g/mol. The highest BCUT2D eigenvalue weighted by Crippen LogP contribution is 2.21. The molecule has 3 N–H and O–H groups in total. The minimum atomic E-state index is -0.446. The smallest absolute Gasteiger partial charge is 0.0827 e. The molecule has 2 atom stereocenters. The third kappa shape index (κ3) is 3.62. The Balaban J connectivity index is 2.70. The minimum Gasteiger partial charge on any atom is -0.388 e. The van der Waals surface area contributed by atoms with Crippen molar-refractivity contribution in [2.45, 2.75) is 33.3 Å². The molecular formula is C14H23NO. The summed E-state index contributed by atoms with van der Waals surface area (Å²) in [7, 11) is 0. The summed E-state index contributed by atoms with van der Waals surface area (Å²) in [4.78, 5) is 0. The van der Waals surface area contributed by atoms with Gasteiger partial charge in [0.2, 0.25) is 0 Å². The van der Waals surface area contributed by atoms with Crippen LogP contribution in [-0.4, -0.2) is 11.7 Å². The van der Waals surface area contributed by atoms with Gasteiger partial charge in [-0.05, 0) is 35.9 Å². The molecule has 0 heterocycles. The summed E-state index contributed by atoms with van der Waals surface area (Å²) in [5, 5.41) is 9.98. The van der Waals surface area contributed by atoms with Gasteiger partial charge in [0.1, 0.15) is 0 Å². The predicted molar refractivity (Wildman–Crippen MR) is 68.2 cm³/mol. The Hall–Kier alpha value is -0.860. The van der Waals surface area contributed by atoms with Crippen LogP contribution in [0.2, 0.25) is 0 Å². The van der Waals surface area contributed by atoms with Crippen molar-refractivity contribution in [3.63, 3.8) is 0 Å². The van der Waals surface area contributed by atoms with Crippen LogP contribution in [0, 0.1) is 11.8 Å². The van der Waals surface area contributed by atoms with E-state index >= 15 is 0 Å². The number of hydrogen-bond acceptors (Lipinski definition) is 2. The number of nitrogens with two attached hydrogens (primary N) is 1. The number of benzene rings is 1. The molecule has 16 heavy (non-hydrogen) atoms. The summed E-state index contributed by atoms with van der Waals surface area (Å²) < 4.78 is 0. The first-order valence-electron chi connectivity index (χ1n) is 6.01. The molecule has 2 heteroatoms. The van der Waals surface area contributed by atoms with Crippen LogP contribution < -0.4 is 5.73 Å². The second kappa shape index (κ2) is 6.02. The summed E-state index contributed by atoms with van der Waals surface area (Å²) in [6.45, 7) is 6.89. The van der Waals surface area contributed by atoms with Crippen LogP contribution in [-0.2, 0) is 6.42 Å². The molecule has 0 aliphatic rings. The van der Waals surface area contributed by atoms with Crippen molar-refractivity contribution in [2.24, 2.45) is 17.6 Å². The van der Waals surface area contributed by atoms with Crippen molar-refractivity contribution in [1.82, 2.24) is 0 Å². The Morgan fingerprint density at radius 2 is 1.69 bits per heavy atom. The van der Waals surface area contributed by atoms with Crippen molar-refractivity contribution in [3.05, 3.63) is 35.4 Å². The number of aliphatic hydroxyl groups is 1. The molecule has 0 aliphatic carbocycles. The zero-order chi connectivity index (χ0) is 12.1. The van der Waals surface area contributed by atoms with E-state index in [4.69, 9.17) is 5.73 Å². The molecule has 0 bridgehead atoms. The summed E-state index contributed by atoms with van der Waals surface area (Å²) in [6, 6.07) is 8.21. The van der Waals surface area contributed by atoms with Crippen molar-refractivity contribution < 1.29 is 5.11 Å². The highest BCUT2D eigenvalue weighted by atomic mass is 16.3. The lowest BCUT2D eigenvalue weighted by molar-refractivity contribution is 0.121. The van der Waals surface area contributed by atoms with E-state index in [0.717, 1.165) is 12.0 Å². The third-order valence-electron chi connectivity index (χ3n) is 2.88. The van der Waals surface area contributed by atoms with Crippen molar-refractivity contribution in [1.29, 1.82) is 0 Å². The van der Waals surface area contributed by atoms with E-state index in [1.165, 1.54) is 5.56 Å². The number of rotatable bonds is 5. The second-order valence-corrected chi connectivity index (χ2v) is 5.00. The third-order valence-corrected chi connectivity index (χ3v) is 2.88. The Kier molecular flexibility index (Phi) is 4.97. The molecule has 0 saturated heterocycles. The van der Waals surface area contributed by atoms with Crippen LogP contribution >= 0.6 is 0 Å². The largest absolute Gasteiger partial charge is 0.388 e. The number of hydrogen-bond donors (Lipinski definition) is 2. The molecule has 2 nitrogen and oxygen atoms in total. The molecule has 1 aromatic carbocycles. The summed E-state index contributed by atoms with van der Waals surface area (Å²) in [5.74, 6) is 0.773. The highest BCUT2D eigenvalue weighted by Gasteiger charge is 2.14. The first-order chi connectivity index (χ1) is 7.54. The van der Waals surface area contributed by atoms with Gasteiger partial charge in [0, 0.05) is 0 Å². The molecule has 2 unspecified atom stereocenters. The van der Waals surface area contributed by atoms with E-state index in [9.17, 15) is 5.11 Å². The highest BCUT2D eigenvalue weighted by molar-refractivity contribution is 5.24. The SMILES string of the molecule is CC(C)Cc1ccc(C(O)C(C)CN)cc1. The molecule has 1 rings (SSSR count). The minimum absolute atomic E-state index is 0.107. The average Bonchev–Trinajstić information content (AvgIpc) is 2.27. The maximum Gasteiger partial charge on any atom is 0.0827 e. The molecule has 0 aliphatic heterocycles. The topological polar surface area (TPSA) is 46.2 Å². The first-order valence-corrected chi connectivity index (χ1v) is 6.01. The number of aliphatic hydroxyl groups excluding tert-OH is 1. The van der Waals surface area contributed by atoms with Crippen LogP contribution in [0.5, 0.6) is 0 Å². The molecule has 0 saturated carbocycles. The molecule has 0 fully saturated rings. The van der Waals surface area contributed by atoms with Crippen molar-refractivity contribution >= 4 is 0 Å². The van der Waals surface area contributed by atoms with Crippen LogP contribution in [0.3, 0.4) is 0 Å². The van der Waals surface area contributed by atoms with E-state index < -0.39 is 6.10 Å². The standard InChI is InChI=1S/C14H23NO/c1-10(2)8-12-4-6-13(7-5-12)14(16)11(3)9-15/h4-7,10-11,14,16H,8-9,15H2,1-3H3. The molecule has 90 valence electrons. The summed E-state index contributed by atoms with van der Waals surface area (Å²) in [5.41, 5.74) is 7.83. The molecule has 0 radical (unpaired) electrons. The van der Waals surface area contributed by atoms with Crippen molar-refractivity contribution in [2.75, 3.05) is 6.54 Å². The van der Waals surface area contributed by atoms with Crippen LogP contribution in [0.25, 0.3) is 0 Å². The van der Waals surface area contributed by atoms with Crippen molar-refractivity contribution in [3.8, 4) is 0 Å². The molecule has 0 aromatic heterocycles. The average molecular weight is 221 g/mol. The molecular weight excluding hydrogens is 198 g/mol. The summed E-state index contributed by atoms with van der Waals surface area (Å²) in [6.07, 6.45) is 0.640. The quantitative estimate of drug-likeness (QED) is 0.802. The maximum atomic E-state index is 9.98. The van der Waals surface area contributed by atoms with Gasteiger partial charge in [-0.15, -0.1) is 0 Å². The second-order valence-electron chi connectivity index (χ2n) is 5.00. The van der Waals surface area contributed by atoms with E-state index in [1.54, 1.807) is 0 Å². The van der Waals surface area contributed by atoms with Gasteiger partial charge in [-0.1, -0.05) is 45.0 Å². The van der Waals surface area contributed by atoms with E-state index in [1.807, 2.05) is 19.1 Å². The Bertz CT molecular complexity index is 305. The van der Waals surface area contributed by atoms with Gasteiger partial charge in [0.05, 0.1) is 6.10 Å². The van der Waals surface area contributed by atoms with Crippen LogP contribution in [0.4, 0.5) is 0 Å². The summed E-state index contributed by atoms with van der Waals surface area (Å²) >= 11 is 0. The van der Waals surface area contributed by atoms with Gasteiger partial charge in [-0.2, -0.15) is 0 Å². The van der Waals surface area contributed by atoms with Crippen LogP contribution in [0.15, 0.2) is 24.3 Å². The van der Waals surface area contributed by atoms with E-state index in [-0.39, 0.29) is 5.92 Å². The van der Waals surface area contributed by atoms with Crippen LogP contribution in [0.1, 0.15) is 38.0 Å². The Morgan fingerprint density at radius 1 is 1.12 bits per heavy atom. The van der Waals surface area contributed by atoms with E-state index in [2.05, 4.69) is 26.0 Å². The lowest BCUT2D eigenvalue weighted by atomic mass is 9.95. The van der Waals surface area contributed by atoms with Gasteiger partial charge in [0.25, 0.3) is 0 Å². The molecule has 0 spiro atoms. The zero-order valence-electron chi connectivity index (χ0n) is 10.5. The first kappa shape index (κ1) is 13.2. The molecule has 0 amide bonds. The fourth-order valence-corrected chi connectivity index (χ4v) is 1.78. The zero-order valence-corrected chi connectivity index (χ0v) is 10.5. The maximum absolute atomic E-state index is 9.98. The predicted octanol–water partition coefficient (Wildman–Crippen LogP) is 2.51. The van der Waals surface area contributed by atoms with E-state index in [0.29, 0.717) is 12.5 Å². The lowest BCUT2D eigenvalue weighted by Crippen LogP contribution is -2.18. The Morgan fingerprint density at radius 3 is 2.12 bits per heavy atom. The fourth-order valence-electron chi connectivity index (χ4n) is 1.78. The molecule has 1 aromatic rings.